The van der Waals surface area contributed by atoms with Crippen LogP contribution in [0.5, 0.6) is 0 Å². The van der Waals surface area contributed by atoms with E-state index in [4.69, 9.17) is 5.73 Å². The minimum Gasteiger partial charge on any atom is -0.329 e. The Morgan fingerprint density at radius 1 is 1.00 bits per heavy atom. The van der Waals surface area contributed by atoms with Crippen LogP contribution in [0.4, 0.5) is 0 Å². The van der Waals surface area contributed by atoms with Crippen LogP contribution in [-0.2, 0) is 0 Å². The molecule has 0 aromatic rings. The molecule has 1 saturated carbocycles. The molecule has 1 rings (SSSR count). The summed E-state index contributed by atoms with van der Waals surface area (Å²) in [5.41, 5.74) is 7.37. The highest BCUT2D eigenvalue weighted by atomic mass is 15.2. The molecular weight excluding hydrogens is 256 g/mol. The number of hydrogen-bond acceptors (Lipinski definition) is 2. The molecule has 2 heteroatoms. The fourth-order valence-electron chi connectivity index (χ4n) is 5.20. The molecule has 1 atom stereocenters. The van der Waals surface area contributed by atoms with E-state index in [0.717, 1.165) is 6.54 Å². The van der Waals surface area contributed by atoms with Crippen molar-refractivity contribution in [3.8, 4) is 0 Å². The lowest BCUT2D eigenvalue weighted by molar-refractivity contribution is -0.0612. The lowest BCUT2D eigenvalue weighted by atomic mass is 9.57. The molecule has 0 bridgehead atoms. The highest BCUT2D eigenvalue weighted by Crippen LogP contribution is 2.52. The molecule has 126 valence electrons. The summed E-state index contributed by atoms with van der Waals surface area (Å²) in [5, 5.41) is 0. The van der Waals surface area contributed by atoms with E-state index in [1.165, 1.54) is 45.1 Å². The quantitative estimate of drug-likeness (QED) is 0.729. The fourth-order valence-corrected chi connectivity index (χ4v) is 5.20. The minimum absolute atomic E-state index is 0.190. The summed E-state index contributed by atoms with van der Waals surface area (Å²) in [6, 6.07) is 0.629. The lowest BCUT2D eigenvalue weighted by Gasteiger charge is -2.57. The Balaban J connectivity index is 3.13. The zero-order valence-electron chi connectivity index (χ0n) is 15.8. The predicted molar refractivity (Wildman–Crippen MR) is 94.6 cm³/mol. The summed E-state index contributed by atoms with van der Waals surface area (Å²) in [5.74, 6) is 0. The number of rotatable bonds is 7. The third kappa shape index (κ3) is 4.69. The smallest absolute Gasteiger partial charge is 0.0344 e. The Labute approximate surface area is 133 Å². The SMILES string of the molecule is CCCCN(C(C)CC)C1(CN)CC(C)(C)CC(C)(C)C1. The molecule has 1 fully saturated rings. The summed E-state index contributed by atoms with van der Waals surface area (Å²) in [6.45, 7) is 18.7. The molecule has 0 aliphatic heterocycles. The van der Waals surface area contributed by atoms with Gasteiger partial charge in [-0.15, -0.1) is 0 Å². The molecule has 0 aromatic heterocycles. The van der Waals surface area contributed by atoms with Crippen LogP contribution in [0.3, 0.4) is 0 Å². The second-order valence-electron chi connectivity index (χ2n) is 9.09. The second kappa shape index (κ2) is 7.00. The van der Waals surface area contributed by atoms with Gasteiger partial charge in [-0.05, 0) is 56.4 Å². The average molecular weight is 297 g/mol. The van der Waals surface area contributed by atoms with E-state index in [9.17, 15) is 0 Å². The van der Waals surface area contributed by atoms with Crippen molar-refractivity contribution >= 4 is 0 Å². The normalized spacial score (nSPS) is 25.0. The van der Waals surface area contributed by atoms with Gasteiger partial charge >= 0.3 is 0 Å². The van der Waals surface area contributed by atoms with Crippen LogP contribution in [0.15, 0.2) is 0 Å². The van der Waals surface area contributed by atoms with Gasteiger partial charge in [0.25, 0.3) is 0 Å². The molecule has 0 radical (unpaired) electrons. The van der Waals surface area contributed by atoms with Gasteiger partial charge < -0.3 is 5.73 Å². The van der Waals surface area contributed by atoms with Crippen LogP contribution in [0, 0.1) is 10.8 Å². The first-order chi connectivity index (χ1) is 9.61. The van der Waals surface area contributed by atoms with Crippen LogP contribution >= 0.6 is 0 Å². The maximum Gasteiger partial charge on any atom is 0.0344 e. The molecule has 0 heterocycles. The fraction of sp³-hybridized carbons (Fsp3) is 1.00. The predicted octanol–water partition coefficient (Wildman–Crippen LogP) is 4.82. The Morgan fingerprint density at radius 2 is 1.52 bits per heavy atom. The topological polar surface area (TPSA) is 29.3 Å². The van der Waals surface area contributed by atoms with Crippen LogP contribution in [0.1, 0.15) is 87.0 Å². The van der Waals surface area contributed by atoms with E-state index in [0.29, 0.717) is 16.9 Å². The van der Waals surface area contributed by atoms with Crippen molar-refractivity contribution in [3.05, 3.63) is 0 Å². The van der Waals surface area contributed by atoms with Crippen molar-refractivity contribution < 1.29 is 0 Å². The summed E-state index contributed by atoms with van der Waals surface area (Å²) in [6.07, 6.45) is 7.56. The van der Waals surface area contributed by atoms with E-state index in [1.807, 2.05) is 0 Å². The van der Waals surface area contributed by atoms with Crippen molar-refractivity contribution in [2.45, 2.75) is 98.6 Å². The molecule has 1 aliphatic rings. The maximum absolute atomic E-state index is 6.40. The molecule has 1 aliphatic carbocycles. The first-order valence-corrected chi connectivity index (χ1v) is 9.08. The van der Waals surface area contributed by atoms with Crippen molar-refractivity contribution in [3.63, 3.8) is 0 Å². The summed E-state index contributed by atoms with van der Waals surface area (Å²) >= 11 is 0. The standard InChI is InChI=1S/C19H40N2/c1-8-10-11-21(16(3)9-2)19(15-20)13-17(4,5)12-18(6,7)14-19/h16H,8-15,20H2,1-7H3. The Morgan fingerprint density at radius 3 is 1.90 bits per heavy atom. The molecule has 1 unspecified atom stereocenters. The number of nitrogens with two attached hydrogens (primary N) is 1. The number of unbranched alkanes of at least 4 members (excludes halogenated alkanes) is 1. The van der Waals surface area contributed by atoms with Crippen LogP contribution < -0.4 is 5.73 Å². The lowest BCUT2D eigenvalue weighted by Crippen LogP contribution is -2.63. The van der Waals surface area contributed by atoms with E-state index < -0.39 is 0 Å². The molecular formula is C19H40N2. The molecule has 0 saturated heterocycles. The van der Waals surface area contributed by atoms with Crippen molar-refractivity contribution in [1.82, 2.24) is 4.90 Å². The molecule has 0 amide bonds. The average Bonchev–Trinajstić information content (AvgIpc) is 2.35. The van der Waals surface area contributed by atoms with Crippen molar-refractivity contribution in [1.29, 1.82) is 0 Å². The van der Waals surface area contributed by atoms with Gasteiger partial charge in [0.2, 0.25) is 0 Å². The van der Waals surface area contributed by atoms with E-state index in [1.54, 1.807) is 0 Å². The van der Waals surface area contributed by atoms with Crippen molar-refractivity contribution in [2.24, 2.45) is 16.6 Å². The van der Waals surface area contributed by atoms with Crippen molar-refractivity contribution in [2.75, 3.05) is 13.1 Å². The molecule has 0 spiro atoms. The highest BCUT2D eigenvalue weighted by molar-refractivity contribution is 5.05. The molecule has 2 N–H and O–H groups in total. The Kier molecular flexibility index (Phi) is 6.32. The zero-order chi connectivity index (χ0) is 16.3. The molecule has 21 heavy (non-hydrogen) atoms. The van der Waals surface area contributed by atoms with Gasteiger partial charge in [0.05, 0.1) is 0 Å². The minimum atomic E-state index is 0.190. The van der Waals surface area contributed by atoms with Gasteiger partial charge in [-0.2, -0.15) is 0 Å². The maximum atomic E-state index is 6.40. The molecule has 2 nitrogen and oxygen atoms in total. The van der Waals surface area contributed by atoms with E-state index >= 15 is 0 Å². The van der Waals surface area contributed by atoms with E-state index in [2.05, 4.69) is 53.4 Å². The highest BCUT2D eigenvalue weighted by Gasteiger charge is 2.50. The van der Waals surface area contributed by atoms with Gasteiger partial charge in [0.1, 0.15) is 0 Å². The summed E-state index contributed by atoms with van der Waals surface area (Å²) < 4.78 is 0. The van der Waals surface area contributed by atoms with Gasteiger partial charge in [0, 0.05) is 18.1 Å². The Hall–Kier alpha value is -0.0800. The largest absolute Gasteiger partial charge is 0.329 e. The number of nitrogens with zero attached hydrogens (tertiary/aromatic N) is 1. The summed E-state index contributed by atoms with van der Waals surface area (Å²) in [4.78, 5) is 2.78. The Bertz CT molecular complexity index is 304. The van der Waals surface area contributed by atoms with Crippen LogP contribution in [-0.4, -0.2) is 29.6 Å². The number of hydrogen-bond donors (Lipinski definition) is 1. The van der Waals surface area contributed by atoms with Crippen LogP contribution in [0.2, 0.25) is 0 Å². The van der Waals surface area contributed by atoms with Gasteiger partial charge in [-0.25, -0.2) is 0 Å². The van der Waals surface area contributed by atoms with Gasteiger partial charge in [0.15, 0.2) is 0 Å². The van der Waals surface area contributed by atoms with Crippen LogP contribution in [0.25, 0.3) is 0 Å². The third-order valence-corrected chi connectivity index (χ3v) is 5.44. The molecule has 0 aromatic carbocycles. The second-order valence-corrected chi connectivity index (χ2v) is 9.09. The van der Waals surface area contributed by atoms with Gasteiger partial charge in [-0.1, -0.05) is 48.0 Å². The first kappa shape index (κ1) is 19.0. The third-order valence-electron chi connectivity index (χ3n) is 5.44. The summed E-state index contributed by atoms with van der Waals surface area (Å²) in [7, 11) is 0. The zero-order valence-corrected chi connectivity index (χ0v) is 15.8. The van der Waals surface area contributed by atoms with Gasteiger partial charge in [-0.3, -0.25) is 4.90 Å². The van der Waals surface area contributed by atoms with E-state index in [-0.39, 0.29) is 5.54 Å². The monoisotopic (exact) mass is 296 g/mol. The first-order valence-electron chi connectivity index (χ1n) is 9.08.